The molecular formula is C12H17N3. The van der Waals surface area contributed by atoms with Crippen LogP contribution in [0.25, 0.3) is 10.9 Å². The third-order valence-corrected chi connectivity index (χ3v) is 3.09. The summed E-state index contributed by atoms with van der Waals surface area (Å²) in [6.45, 7) is 4.24. The molecule has 0 fully saturated rings. The van der Waals surface area contributed by atoms with Gasteiger partial charge in [0.1, 0.15) is 0 Å². The van der Waals surface area contributed by atoms with E-state index in [1.807, 2.05) is 18.8 Å². The van der Waals surface area contributed by atoms with Gasteiger partial charge in [0.15, 0.2) is 0 Å². The summed E-state index contributed by atoms with van der Waals surface area (Å²) in [6, 6.07) is 6.85. The zero-order chi connectivity index (χ0) is 11.0. The Bertz CT molecular complexity index is 485. The maximum Gasteiger partial charge on any atom is 0.0929 e. The summed E-state index contributed by atoms with van der Waals surface area (Å²) in [7, 11) is 3.95. The lowest BCUT2D eigenvalue weighted by molar-refractivity contribution is 0.653. The number of rotatable bonds is 2. The number of hydrogen-bond acceptors (Lipinski definition) is 2. The molecular weight excluding hydrogens is 186 g/mol. The number of nitrogens with one attached hydrogen (secondary N) is 1. The molecule has 0 spiro atoms. The highest BCUT2D eigenvalue weighted by molar-refractivity contribution is 5.82. The van der Waals surface area contributed by atoms with E-state index in [-0.39, 0.29) is 0 Å². The minimum atomic E-state index is 0.372. The molecule has 15 heavy (non-hydrogen) atoms. The van der Waals surface area contributed by atoms with Crippen LogP contribution in [0.5, 0.6) is 0 Å². The molecule has 0 saturated heterocycles. The zero-order valence-electron chi connectivity index (χ0n) is 9.70. The first kappa shape index (κ1) is 10.2. The fourth-order valence-corrected chi connectivity index (χ4v) is 1.78. The minimum absolute atomic E-state index is 0.372. The summed E-state index contributed by atoms with van der Waals surface area (Å²) in [4.78, 5) is 0. The van der Waals surface area contributed by atoms with Crippen molar-refractivity contribution in [2.45, 2.75) is 19.9 Å². The molecule has 0 aliphatic rings. The van der Waals surface area contributed by atoms with Gasteiger partial charge in [-0.25, -0.2) is 0 Å². The average molecular weight is 203 g/mol. The fourth-order valence-electron chi connectivity index (χ4n) is 1.78. The number of fused-ring (bicyclic) bond motifs is 1. The predicted molar refractivity (Wildman–Crippen MR) is 62.9 cm³/mol. The Balaban J connectivity index is 2.57. The van der Waals surface area contributed by atoms with Crippen LogP contribution in [-0.2, 0) is 7.05 Å². The molecule has 0 radical (unpaired) electrons. The second-order valence-electron chi connectivity index (χ2n) is 4.00. The van der Waals surface area contributed by atoms with Crippen molar-refractivity contribution in [1.29, 1.82) is 0 Å². The second kappa shape index (κ2) is 3.66. The van der Waals surface area contributed by atoms with Crippen LogP contribution in [0.4, 0.5) is 0 Å². The van der Waals surface area contributed by atoms with Crippen LogP contribution >= 0.6 is 0 Å². The Morgan fingerprint density at radius 3 is 2.80 bits per heavy atom. The van der Waals surface area contributed by atoms with E-state index in [0.29, 0.717) is 6.04 Å². The van der Waals surface area contributed by atoms with Crippen molar-refractivity contribution in [3.05, 3.63) is 29.5 Å². The molecule has 2 aromatic rings. The van der Waals surface area contributed by atoms with Crippen molar-refractivity contribution < 1.29 is 0 Å². The quantitative estimate of drug-likeness (QED) is 0.810. The SMILES string of the molecule is CNC(C)c1ccc2c(C)n(C)nc2c1. The zero-order valence-corrected chi connectivity index (χ0v) is 9.70. The lowest BCUT2D eigenvalue weighted by Gasteiger charge is -2.09. The number of aryl methyl sites for hydroxylation is 2. The van der Waals surface area contributed by atoms with Gasteiger partial charge in [-0.1, -0.05) is 12.1 Å². The number of nitrogens with zero attached hydrogens (tertiary/aromatic N) is 2. The summed E-state index contributed by atoms with van der Waals surface area (Å²) < 4.78 is 1.93. The molecule has 2 rings (SSSR count). The summed E-state index contributed by atoms with van der Waals surface area (Å²) in [6.07, 6.45) is 0. The van der Waals surface area contributed by atoms with Crippen LogP contribution in [0, 0.1) is 6.92 Å². The topological polar surface area (TPSA) is 29.9 Å². The van der Waals surface area contributed by atoms with E-state index < -0.39 is 0 Å². The molecule has 0 bridgehead atoms. The van der Waals surface area contributed by atoms with Gasteiger partial charge in [-0.2, -0.15) is 5.10 Å². The van der Waals surface area contributed by atoms with Gasteiger partial charge in [0.05, 0.1) is 5.52 Å². The molecule has 0 aliphatic heterocycles. The maximum absolute atomic E-state index is 4.48. The van der Waals surface area contributed by atoms with E-state index in [9.17, 15) is 0 Å². The second-order valence-corrected chi connectivity index (χ2v) is 4.00. The Hall–Kier alpha value is -1.35. The highest BCUT2D eigenvalue weighted by Crippen LogP contribution is 2.21. The molecule has 3 heteroatoms. The van der Waals surface area contributed by atoms with Gasteiger partial charge in [0.2, 0.25) is 0 Å². The molecule has 1 unspecified atom stereocenters. The molecule has 80 valence electrons. The maximum atomic E-state index is 4.48. The summed E-state index contributed by atoms with van der Waals surface area (Å²) in [5.41, 5.74) is 3.58. The summed E-state index contributed by atoms with van der Waals surface area (Å²) in [5, 5.41) is 8.95. The Morgan fingerprint density at radius 1 is 1.40 bits per heavy atom. The van der Waals surface area contributed by atoms with Gasteiger partial charge in [0, 0.05) is 24.2 Å². The third-order valence-electron chi connectivity index (χ3n) is 3.09. The van der Waals surface area contributed by atoms with E-state index in [0.717, 1.165) is 5.52 Å². The standard InChI is InChI=1S/C12H17N3/c1-8(13-3)10-5-6-11-9(2)15(4)14-12(11)7-10/h5-8,13H,1-4H3. The van der Waals surface area contributed by atoms with Gasteiger partial charge >= 0.3 is 0 Å². The van der Waals surface area contributed by atoms with Crippen molar-refractivity contribution in [2.75, 3.05) is 7.05 Å². The van der Waals surface area contributed by atoms with E-state index in [1.54, 1.807) is 0 Å². The minimum Gasteiger partial charge on any atom is -0.313 e. The van der Waals surface area contributed by atoms with Gasteiger partial charge in [-0.3, -0.25) is 4.68 Å². The number of aromatic nitrogens is 2. The molecule has 1 heterocycles. The molecule has 0 saturated carbocycles. The van der Waals surface area contributed by atoms with Gasteiger partial charge in [0.25, 0.3) is 0 Å². The molecule has 0 aliphatic carbocycles. The van der Waals surface area contributed by atoms with E-state index in [2.05, 4.69) is 42.5 Å². The molecule has 3 nitrogen and oxygen atoms in total. The Labute approximate surface area is 90.1 Å². The first-order valence-electron chi connectivity index (χ1n) is 5.24. The normalized spacial score (nSPS) is 13.3. The van der Waals surface area contributed by atoms with Crippen LogP contribution in [0.1, 0.15) is 24.2 Å². The smallest absolute Gasteiger partial charge is 0.0929 e. The fraction of sp³-hybridized carbons (Fsp3) is 0.417. The Kier molecular flexibility index (Phi) is 2.49. The van der Waals surface area contributed by atoms with Gasteiger partial charge in [-0.05, 0) is 32.5 Å². The monoisotopic (exact) mass is 203 g/mol. The Morgan fingerprint density at radius 2 is 2.13 bits per heavy atom. The van der Waals surface area contributed by atoms with E-state index >= 15 is 0 Å². The van der Waals surface area contributed by atoms with Crippen LogP contribution < -0.4 is 5.32 Å². The van der Waals surface area contributed by atoms with Crippen molar-refractivity contribution in [3.8, 4) is 0 Å². The lowest BCUT2D eigenvalue weighted by atomic mass is 10.1. The lowest BCUT2D eigenvalue weighted by Crippen LogP contribution is -2.11. The number of hydrogen-bond donors (Lipinski definition) is 1. The van der Waals surface area contributed by atoms with Crippen molar-refractivity contribution in [1.82, 2.24) is 15.1 Å². The first-order chi connectivity index (χ1) is 7.13. The highest BCUT2D eigenvalue weighted by Gasteiger charge is 2.07. The third kappa shape index (κ3) is 1.63. The van der Waals surface area contributed by atoms with Crippen LogP contribution in [0.3, 0.4) is 0 Å². The van der Waals surface area contributed by atoms with Crippen molar-refractivity contribution in [3.63, 3.8) is 0 Å². The largest absolute Gasteiger partial charge is 0.313 e. The van der Waals surface area contributed by atoms with Crippen molar-refractivity contribution >= 4 is 10.9 Å². The molecule has 1 aromatic carbocycles. The summed E-state index contributed by atoms with van der Waals surface area (Å²) >= 11 is 0. The summed E-state index contributed by atoms with van der Waals surface area (Å²) in [5.74, 6) is 0. The van der Waals surface area contributed by atoms with Crippen molar-refractivity contribution in [2.24, 2.45) is 7.05 Å². The van der Waals surface area contributed by atoms with Crippen LogP contribution in [-0.4, -0.2) is 16.8 Å². The molecule has 0 amide bonds. The average Bonchev–Trinajstić information content (AvgIpc) is 2.53. The van der Waals surface area contributed by atoms with Gasteiger partial charge in [-0.15, -0.1) is 0 Å². The first-order valence-corrected chi connectivity index (χ1v) is 5.24. The molecule has 1 N–H and O–H groups in total. The van der Waals surface area contributed by atoms with E-state index in [1.165, 1.54) is 16.6 Å². The highest BCUT2D eigenvalue weighted by atomic mass is 15.3. The van der Waals surface area contributed by atoms with E-state index in [4.69, 9.17) is 0 Å². The van der Waals surface area contributed by atoms with Gasteiger partial charge < -0.3 is 5.32 Å². The molecule has 1 aromatic heterocycles. The number of benzene rings is 1. The van der Waals surface area contributed by atoms with Crippen LogP contribution in [0.15, 0.2) is 18.2 Å². The predicted octanol–water partition coefficient (Wildman–Crippen LogP) is 2.16. The van der Waals surface area contributed by atoms with Crippen LogP contribution in [0.2, 0.25) is 0 Å². The molecule has 1 atom stereocenters.